The highest BCUT2D eigenvalue weighted by molar-refractivity contribution is 5.95. The molecule has 1 rings (SSSR count). The number of phenolic OH excluding ortho intramolecular Hbond substituents is 1. The van der Waals surface area contributed by atoms with Gasteiger partial charge in [0, 0.05) is 5.56 Å². The van der Waals surface area contributed by atoms with Crippen molar-refractivity contribution < 1.29 is 14.7 Å². The second-order valence-corrected chi connectivity index (χ2v) is 2.86. The zero-order valence-electron chi connectivity index (χ0n) is 7.65. The Bertz CT molecular complexity index is 332. The lowest BCUT2D eigenvalue weighted by molar-refractivity contribution is 0.0948. The smallest absolute Gasteiger partial charge is 0.251 e. The van der Waals surface area contributed by atoms with Gasteiger partial charge in [-0.3, -0.25) is 9.59 Å². The minimum Gasteiger partial charge on any atom is -0.508 e. The van der Waals surface area contributed by atoms with Gasteiger partial charge in [0.2, 0.25) is 6.29 Å². The van der Waals surface area contributed by atoms with Gasteiger partial charge in [-0.1, -0.05) is 0 Å². The third kappa shape index (κ3) is 2.58. The van der Waals surface area contributed by atoms with E-state index in [1.54, 1.807) is 6.29 Å². The predicted octanol–water partition coefficient (Wildman–Crippen LogP) is 0.620. The highest BCUT2D eigenvalue weighted by Crippen LogP contribution is 2.09. The molecule has 4 nitrogen and oxygen atoms in total. The first kappa shape index (κ1) is 10.2. The molecule has 0 saturated heterocycles. The van der Waals surface area contributed by atoms with E-state index in [2.05, 4.69) is 5.32 Å². The number of carbonyl (C=O) groups is 1. The maximum atomic E-state index is 11.4. The topological polar surface area (TPSA) is 66.4 Å². The van der Waals surface area contributed by atoms with Crippen LogP contribution in [0.5, 0.6) is 5.75 Å². The number of hydrogen-bond donors (Lipinski definition) is 2. The number of carbonyl (C=O) groups excluding carboxylic acids is 2. The number of rotatable bonds is 3. The molecular formula is C10H10NO3. The second-order valence-electron chi connectivity index (χ2n) is 2.86. The fourth-order valence-electron chi connectivity index (χ4n) is 0.922. The minimum atomic E-state index is -0.628. The third-order valence-electron chi connectivity index (χ3n) is 1.65. The summed E-state index contributed by atoms with van der Waals surface area (Å²) in [6, 6.07) is 5.13. The first-order valence-corrected chi connectivity index (χ1v) is 4.11. The van der Waals surface area contributed by atoms with Crippen molar-refractivity contribution in [3.05, 3.63) is 29.8 Å². The molecule has 1 atom stereocenters. The highest BCUT2D eigenvalue weighted by atomic mass is 16.3. The highest BCUT2D eigenvalue weighted by Gasteiger charge is 2.08. The van der Waals surface area contributed by atoms with Gasteiger partial charge in [0.1, 0.15) is 5.75 Å². The van der Waals surface area contributed by atoms with Gasteiger partial charge in [0.25, 0.3) is 5.91 Å². The molecule has 0 aliphatic heterocycles. The molecule has 0 aliphatic rings. The van der Waals surface area contributed by atoms with Crippen molar-refractivity contribution >= 4 is 12.2 Å². The lowest BCUT2D eigenvalue weighted by Gasteiger charge is -2.06. The van der Waals surface area contributed by atoms with Gasteiger partial charge in [0.05, 0.1) is 6.04 Å². The van der Waals surface area contributed by atoms with Gasteiger partial charge in [-0.2, -0.15) is 0 Å². The van der Waals surface area contributed by atoms with Crippen molar-refractivity contribution in [3.63, 3.8) is 0 Å². The van der Waals surface area contributed by atoms with Crippen LogP contribution < -0.4 is 5.32 Å². The summed E-state index contributed by atoms with van der Waals surface area (Å²) < 4.78 is 0. The van der Waals surface area contributed by atoms with Gasteiger partial charge < -0.3 is 10.4 Å². The molecule has 0 aromatic heterocycles. The van der Waals surface area contributed by atoms with E-state index in [1.807, 2.05) is 0 Å². The summed E-state index contributed by atoms with van der Waals surface area (Å²) in [4.78, 5) is 21.5. The van der Waals surface area contributed by atoms with Crippen LogP contribution in [0.2, 0.25) is 0 Å². The Morgan fingerprint density at radius 2 is 2.00 bits per heavy atom. The fourth-order valence-corrected chi connectivity index (χ4v) is 0.922. The first-order valence-electron chi connectivity index (χ1n) is 4.11. The summed E-state index contributed by atoms with van der Waals surface area (Å²) in [7, 11) is 0. The first-order chi connectivity index (χ1) is 6.63. The van der Waals surface area contributed by atoms with E-state index >= 15 is 0 Å². The molecule has 14 heavy (non-hydrogen) atoms. The molecule has 1 aromatic rings. The van der Waals surface area contributed by atoms with Crippen molar-refractivity contribution in [2.24, 2.45) is 0 Å². The molecule has 0 saturated carbocycles. The Labute approximate surface area is 81.6 Å². The van der Waals surface area contributed by atoms with Crippen LogP contribution >= 0.6 is 0 Å². The van der Waals surface area contributed by atoms with E-state index in [0.29, 0.717) is 5.56 Å². The molecule has 1 amide bonds. The summed E-state index contributed by atoms with van der Waals surface area (Å²) in [5.74, 6) is -0.266. The molecule has 0 spiro atoms. The quantitative estimate of drug-likeness (QED) is 0.737. The molecular weight excluding hydrogens is 182 g/mol. The van der Waals surface area contributed by atoms with Crippen molar-refractivity contribution in [3.8, 4) is 5.75 Å². The molecule has 1 aromatic carbocycles. The molecule has 4 heteroatoms. The van der Waals surface area contributed by atoms with E-state index in [1.165, 1.54) is 31.2 Å². The van der Waals surface area contributed by atoms with Crippen LogP contribution in [0, 0.1) is 0 Å². The summed E-state index contributed by atoms with van der Waals surface area (Å²) in [5.41, 5.74) is 0.393. The van der Waals surface area contributed by atoms with Crippen LogP contribution in [-0.2, 0) is 4.79 Å². The molecule has 0 unspecified atom stereocenters. The standard InChI is InChI=1S/C10H10NO3/c1-7(6-12)11-10(14)8-2-4-9(13)5-3-8/h2-5,7,13H,1H3,(H,11,14)/t7-/m1/s1. The van der Waals surface area contributed by atoms with Crippen molar-refractivity contribution in [2.75, 3.05) is 0 Å². The van der Waals surface area contributed by atoms with Gasteiger partial charge in [-0.15, -0.1) is 0 Å². The van der Waals surface area contributed by atoms with Crippen LogP contribution in [0.3, 0.4) is 0 Å². The molecule has 2 N–H and O–H groups in total. The Morgan fingerprint density at radius 3 is 2.50 bits per heavy atom. The average Bonchev–Trinajstić information content (AvgIpc) is 2.18. The zero-order valence-corrected chi connectivity index (χ0v) is 7.65. The van der Waals surface area contributed by atoms with Gasteiger partial charge in [-0.25, -0.2) is 0 Å². The molecule has 73 valence electrons. The molecule has 0 aliphatic carbocycles. The monoisotopic (exact) mass is 192 g/mol. The maximum absolute atomic E-state index is 11.4. The summed E-state index contributed by atoms with van der Waals surface area (Å²) in [6.07, 6.45) is 1.65. The second kappa shape index (κ2) is 4.41. The van der Waals surface area contributed by atoms with E-state index in [0.717, 1.165) is 0 Å². The molecule has 0 heterocycles. The molecule has 1 radical (unpaired) electrons. The lowest BCUT2D eigenvalue weighted by atomic mass is 10.2. The van der Waals surface area contributed by atoms with Crippen molar-refractivity contribution in [2.45, 2.75) is 13.0 Å². The van der Waals surface area contributed by atoms with E-state index in [9.17, 15) is 9.59 Å². The van der Waals surface area contributed by atoms with Crippen molar-refractivity contribution in [1.82, 2.24) is 5.32 Å². The van der Waals surface area contributed by atoms with Crippen LogP contribution in [0.15, 0.2) is 24.3 Å². The Morgan fingerprint density at radius 1 is 1.43 bits per heavy atom. The van der Waals surface area contributed by atoms with Crippen LogP contribution in [0.4, 0.5) is 0 Å². The Balaban J connectivity index is 2.70. The number of benzene rings is 1. The Hall–Kier alpha value is -1.84. The van der Waals surface area contributed by atoms with E-state index in [-0.39, 0.29) is 11.7 Å². The average molecular weight is 192 g/mol. The Kier molecular flexibility index (Phi) is 3.23. The number of nitrogens with one attached hydrogen (secondary N) is 1. The summed E-state index contributed by atoms with van der Waals surface area (Å²) in [6.45, 7) is 1.53. The summed E-state index contributed by atoms with van der Waals surface area (Å²) in [5, 5.41) is 11.4. The van der Waals surface area contributed by atoms with E-state index in [4.69, 9.17) is 5.11 Å². The predicted molar refractivity (Wildman–Crippen MR) is 50.7 cm³/mol. The van der Waals surface area contributed by atoms with Crippen LogP contribution in [-0.4, -0.2) is 23.3 Å². The van der Waals surface area contributed by atoms with Gasteiger partial charge >= 0.3 is 0 Å². The van der Waals surface area contributed by atoms with Gasteiger partial charge in [-0.05, 0) is 31.2 Å². The number of amides is 1. The third-order valence-corrected chi connectivity index (χ3v) is 1.65. The molecule has 0 bridgehead atoms. The minimum absolute atomic E-state index is 0.0940. The molecule has 0 fully saturated rings. The zero-order chi connectivity index (χ0) is 10.6. The normalized spacial score (nSPS) is 11.8. The SMILES string of the molecule is C[C@H]([C]=O)NC(=O)c1ccc(O)cc1. The van der Waals surface area contributed by atoms with Crippen LogP contribution in [0.25, 0.3) is 0 Å². The lowest BCUT2D eigenvalue weighted by Crippen LogP contribution is -2.33. The number of aromatic hydroxyl groups is 1. The van der Waals surface area contributed by atoms with Gasteiger partial charge in [0.15, 0.2) is 0 Å². The fraction of sp³-hybridized carbons (Fsp3) is 0.200. The van der Waals surface area contributed by atoms with Crippen molar-refractivity contribution in [1.29, 1.82) is 0 Å². The number of hydrogen-bond acceptors (Lipinski definition) is 3. The number of phenols is 1. The maximum Gasteiger partial charge on any atom is 0.251 e. The largest absolute Gasteiger partial charge is 0.508 e. The van der Waals surface area contributed by atoms with E-state index < -0.39 is 6.04 Å². The van der Waals surface area contributed by atoms with Crippen LogP contribution in [0.1, 0.15) is 17.3 Å². The summed E-state index contributed by atoms with van der Waals surface area (Å²) >= 11 is 0.